The van der Waals surface area contributed by atoms with Crippen LogP contribution in [0.15, 0.2) is 66.9 Å². The van der Waals surface area contributed by atoms with Gasteiger partial charge in [0.25, 0.3) is 5.91 Å². The monoisotopic (exact) mass is 385 g/mol. The van der Waals surface area contributed by atoms with Crippen LogP contribution in [0.2, 0.25) is 0 Å². The van der Waals surface area contributed by atoms with E-state index in [-0.39, 0.29) is 11.4 Å². The number of halogens is 3. The molecule has 7 heteroatoms. The number of carbonyl (C=O) groups excluding carboxylic acids is 1. The maximum absolute atomic E-state index is 13.0. The molecule has 0 radical (unpaired) electrons. The lowest BCUT2D eigenvalue weighted by Gasteiger charge is -2.13. The summed E-state index contributed by atoms with van der Waals surface area (Å²) >= 11 is 0. The van der Waals surface area contributed by atoms with Gasteiger partial charge in [0.2, 0.25) is 0 Å². The number of aromatic nitrogens is 1. The summed E-state index contributed by atoms with van der Waals surface area (Å²) in [5.41, 5.74) is 1.79. The fraction of sp³-hybridized carbons (Fsp3) is 0.143. The number of anilines is 2. The molecule has 0 aliphatic rings. The van der Waals surface area contributed by atoms with E-state index in [1.807, 2.05) is 31.2 Å². The summed E-state index contributed by atoms with van der Waals surface area (Å²) < 4.78 is 39.1. The third kappa shape index (κ3) is 4.88. The Bertz CT molecular complexity index is 952. The highest BCUT2D eigenvalue weighted by atomic mass is 19.4. The molecule has 3 rings (SSSR count). The molecule has 0 spiro atoms. The van der Waals surface area contributed by atoms with Gasteiger partial charge in [-0.15, -0.1) is 0 Å². The van der Waals surface area contributed by atoms with Crippen LogP contribution >= 0.6 is 0 Å². The number of hydrogen-bond acceptors (Lipinski definition) is 3. The van der Waals surface area contributed by atoms with Crippen molar-refractivity contribution in [1.82, 2.24) is 4.98 Å². The number of aryl methyl sites for hydroxylation is 1. The molecular weight excluding hydrogens is 367 g/mol. The smallest absolute Gasteiger partial charge is 0.380 e. The molecule has 0 bridgehead atoms. The number of nitrogens with zero attached hydrogens (tertiary/aromatic N) is 1. The molecule has 0 unspecified atom stereocenters. The van der Waals surface area contributed by atoms with E-state index in [0.29, 0.717) is 12.2 Å². The first kappa shape index (κ1) is 19.4. The fourth-order valence-electron chi connectivity index (χ4n) is 2.57. The van der Waals surface area contributed by atoms with Gasteiger partial charge in [0.05, 0.1) is 23.1 Å². The van der Waals surface area contributed by atoms with Gasteiger partial charge in [-0.05, 0) is 36.8 Å². The van der Waals surface area contributed by atoms with E-state index in [0.717, 1.165) is 11.6 Å². The highest BCUT2D eigenvalue weighted by Gasteiger charge is 2.33. The topological polar surface area (TPSA) is 54.0 Å². The standard InChI is InChI=1S/C21H18F3N3O/c1-14-6-8-15(9-7-14)12-25-16-10-11-19(26-13-16)20(28)27-18-5-3-2-4-17(18)21(22,23)24/h2-11,13,25H,12H2,1H3,(H,27,28). The normalized spacial score (nSPS) is 11.1. The summed E-state index contributed by atoms with van der Waals surface area (Å²) in [5.74, 6) is -0.707. The predicted octanol–water partition coefficient (Wildman–Crippen LogP) is 5.27. The molecule has 4 nitrogen and oxygen atoms in total. The van der Waals surface area contributed by atoms with E-state index < -0.39 is 17.6 Å². The van der Waals surface area contributed by atoms with Crippen LogP contribution in [-0.4, -0.2) is 10.9 Å². The van der Waals surface area contributed by atoms with Crippen molar-refractivity contribution in [2.45, 2.75) is 19.6 Å². The van der Waals surface area contributed by atoms with E-state index in [2.05, 4.69) is 15.6 Å². The van der Waals surface area contributed by atoms with Crippen molar-refractivity contribution in [3.63, 3.8) is 0 Å². The van der Waals surface area contributed by atoms with Crippen molar-refractivity contribution >= 4 is 17.3 Å². The Kier molecular flexibility index (Phi) is 5.63. The van der Waals surface area contributed by atoms with Gasteiger partial charge in [-0.25, -0.2) is 4.98 Å². The number of para-hydroxylation sites is 1. The van der Waals surface area contributed by atoms with Gasteiger partial charge in [0, 0.05) is 6.54 Å². The average molecular weight is 385 g/mol. The van der Waals surface area contributed by atoms with Crippen molar-refractivity contribution < 1.29 is 18.0 Å². The van der Waals surface area contributed by atoms with Crippen molar-refractivity contribution in [2.75, 3.05) is 10.6 Å². The van der Waals surface area contributed by atoms with Crippen LogP contribution in [0, 0.1) is 6.92 Å². The summed E-state index contributed by atoms with van der Waals surface area (Å²) in [7, 11) is 0. The Morgan fingerprint density at radius 2 is 1.71 bits per heavy atom. The number of nitrogens with one attached hydrogen (secondary N) is 2. The van der Waals surface area contributed by atoms with Crippen LogP contribution in [0.5, 0.6) is 0 Å². The maximum Gasteiger partial charge on any atom is 0.418 e. The largest absolute Gasteiger partial charge is 0.418 e. The maximum atomic E-state index is 13.0. The van der Waals surface area contributed by atoms with E-state index in [1.54, 1.807) is 6.07 Å². The minimum Gasteiger partial charge on any atom is -0.380 e. The first-order valence-corrected chi connectivity index (χ1v) is 8.56. The molecule has 1 aromatic heterocycles. The number of hydrogen-bond donors (Lipinski definition) is 2. The molecule has 1 amide bonds. The van der Waals surface area contributed by atoms with Gasteiger partial charge in [-0.3, -0.25) is 4.79 Å². The Balaban J connectivity index is 1.65. The lowest BCUT2D eigenvalue weighted by molar-refractivity contribution is -0.136. The molecule has 2 N–H and O–H groups in total. The van der Waals surface area contributed by atoms with Gasteiger partial charge in [-0.1, -0.05) is 42.0 Å². The van der Waals surface area contributed by atoms with Gasteiger partial charge in [-0.2, -0.15) is 13.2 Å². The number of rotatable bonds is 5. The minimum absolute atomic E-state index is 0.0258. The molecule has 1 heterocycles. The number of alkyl halides is 3. The number of pyridine rings is 1. The van der Waals surface area contributed by atoms with E-state index in [1.165, 1.54) is 36.0 Å². The second-order valence-corrected chi connectivity index (χ2v) is 6.27. The zero-order valence-electron chi connectivity index (χ0n) is 15.0. The Morgan fingerprint density at radius 3 is 2.36 bits per heavy atom. The third-order valence-electron chi connectivity index (χ3n) is 4.09. The van der Waals surface area contributed by atoms with Crippen LogP contribution < -0.4 is 10.6 Å². The SMILES string of the molecule is Cc1ccc(CNc2ccc(C(=O)Nc3ccccc3C(F)(F)F)nc2)cc1. The average Bonchev–Trinajstić information content (AvgIpc) is 2.67. The zero-order valence-corrected chi connectivity index (χ0v) is 15.0. The molecule has 0 fully saturated rings. The van der Waals surface area contributed by atoms with E-state index in [9.17, 15) is 18.0 Å². The molecule has 0 aliphatic carbocycles. The van der Waals surface area contributed by atoms with Crippen LogP contribution in [0.4, 0.5) is 24.5 Å². The highest BCUT2D eigenvalue weighted by molar-refractivity contribution is 6.03. The summed E-state index contributed by atoms with van der Waals surface area (Å²) in [6.07, 6.45) is -3.08. The van der Waals surface area contributed by atoms with Crippen molar-refractivity contribution in [2.24, 2.45) is 0 Å². The minimum atomic E-state index is -4.55. The molecule has 28 heavy (non-hydrogen) atoms. The zero-order chi connectivity index (χ0) is 20.1. The molecule has 0 aliphatic heterocycles. The lowest BCUT2D eigenvalue weighted by atomic mass is 10.1. The van der Waals surface area contributed by atoms with Crippen molar-refractivity contribution in [1.29, 1.82) is 0 Å². The highest BCUT2D eigenvalue weighted by Crippen LogP contribution is 2.34. The van der Waals surface area contributed by atoms with Crippen LogP contribution in [0.3, 0.4) is 0 Å². The molecular formula is C21H18F3N3O. The van der Waals surface area contributed by atoms with E-state index in [4.69, 9.17) is 0 Å². The van der Waals surface area contributed by atoms with Gasteiger partial charge in [0.15, 0.2) is 0 Å². The summed E-state index contributed by atoms with van der Waals surface area (Å²) in [5, 5.41) is 5.46. The summed E-state index contributed by atoms with van der Waals surface area (Å²) in [6.45, 7) is 2.60. The number of carbonyl (C=O) groups is 1. The van der Waals surface area contributed by atoms with E-state index >= 15 is 0 Å². The summed E-state index contributed by atoms with van der Waals surface area (Å²) in [6, 6.07) is 16.0. The third-order valence-corrected chi connectivity index (χ3v) is 4.09. The van der Waals surface area contributed by atoms with Crippen LogP contribution in [0.25, 0.3) is 0 Å². The Labute approximate surface area is 160 Å². The van der Waals surface area contributed by atoms with Gasteiger partial charge < -0.3 is 10.6 Å². The fourth-order valence-corrected chi connectivity index (χ4v) is 2.57. The van der Waals surface area contributed by atoms with Crippen LogP contribution in [0.1, 0.15) is 27.2 Å². The van der Waals surface area contributed by atoms with Gasteiger partial charge in [0.1, 0.15) is 5.69 Å². The van der Waals surface area contributed by atoms with Crippen LogP contribution in [-0.2, 0) is 12.7 Å². The van der Waals surface area contributed by atoms with Crippen molar-refractivity contribution in [3.8, 4) is 0 Å². The second-order valence-electron chi connectivity index (χ2n) is 6.27. The number of amides is 1. The molecule has 3 aromatic rings. The number of benzene rings is 2. The molecule has 0 saturated carbocycles. The molecule has 144 valence electrons. The second kappa shape index (κ2) is 8.12. The first-order chi connectivity index (χ1) is 13.3. The Morgan fingerprint density at radius 1 is 1.00 bits per heavy atom. The first-order valence-electron chi connectivity index (χ1n) is 8.56. The molecule has 0 atom stereocenters. The Hall–Kier alpha value is -3.35. The lowest BCUT2D eigenvalue weighted by Crippen LogP contribution is -2.17. The van der Waals surface area contributed by atoms with Crippen molar-refractivity contribution in [3.05, 3.63) is 89.2 Å². The molecule has 2 aromatic carbocycles. The predicted molar refractivity (Wildman–Crippen MR) is 102 cm³/mol. The van der Waals surface area contributed by atoms with Gasteiger partial charge >= 0.3 is 6.18 Å². The molecule has 0 saturated heterocycles. The quantitative estimate of drug-likeness (QED) is 0.629. The summed E-state index contributed by atoms with van der Waals surface area (Å²) in [4.78, 5) is 16.3.